The molecular weight excluding hydrogens is 635 g/mol. The molecule has 0 radical (unpaired) electrons. The second-order valence-corrected chi connectivity index (χ2v) is 14.9. The molecule has 2 aromatic carbocycles. The first-order chi connectivity index (χ1) is 21.4. The summed E-state index contributed by atoms with van der Waals surface area (Å²) in [7, 11) is 0. The van der Waals surface area contributed by atoms with Crippen molar-refractivity contribution in [3.63, 3.8) is 0 Å². The first-order valence-electron chi connectivity index (χ1n) is 16.8. The molecule has 6 N–H and O–H groups in total. The summed E-state index contributed by atoms with van der Waals surface area (Å²) < 4.78 is 0. The number of aliphatic hydroxyl groups is 2. The number of hydrogen-bond donors (Lipinski definition) is 6. The Kier molecular flexibility index (Phi) is 15.7. The maximum atomic E-state index is 11.2. The highest BCUT2D eigenvalue weighted by molar-refractivity contribution is 6.44. The molecule has 6 rings (SSSR count). The van der Waals surface area contributed by atoms with Crippen LogP contribution in [0.25, 0.3) is 0 Å². The van der Waals surface area contributed by atoms with E-state index in [1.165, 1.54) is 0 Å². The van der Waals surface area contributed by atoms with Crippen molar-refractivity contribution in [1.29, 1.82) is 0 Å². The minimum Gasteiger partial charge on any atom is -0.508 e. The Balaban J connectivity index is 1.91. The summed E-state index contributed by atoms with van der Waals surface area (Å²) in [6, 6.07) is 6.37. The lowest BCUT2D eigenvalue weighted by Gasteiger charge is -2.25. The zero-order valence-corrected chi connectivity index (χ0v) is 29.0. The van der Waals surface area contributed by atoms with E-state index in [0.717, 1.165) is 64.2 Å². The van der Waals surface area contributed by atoms with Crippen LogP contribution >= 0.6 is 34.8 Å². The minimum atomic E-state index is -0.853. The van der Waals surface area contributed by atoms with Crippen LogP contribution in [0.4, 0.5) is 0 Å². The zero-order chi connectivity index (χ0) is 33.1. The molecule has 0 aliphatic heterocycles. The number of hydrogen-bond acceptors (Lipinski definition) is 6. The van der Waals surface area contributed by atoms with Gasteiger partial charge >= 0.3 is 0 Å². The number of alkyl halides is 3. The van der Waals surface area contributed by atoms with Crippen LogP contribution in [0.2, 0.25) is 0 Å². The van der Waals surface area contributed by atoms with Gasteiger partial charge in [-0.1, -0.05) is 52.4 Å². The number of benzene rings is 2. The molecule has 0 saturated heterocycles. The fourth-order valence-electron chi connectivity index (χ4n) is 7.02. The topological polar surface area (TPSA) is 121 Å². The molecule has 0 unspecified atom stereocenters. The van der Waals surface area contributed by atoms with Crippen molar-refractivity contribution in [2.75, 3.05) is 5.88 Å². The van der Waals surface area contributed by atoms with Crippen molar-refractivity contribution in [1.82, 2.24) is 0 Å². The fraction of sp³-hybridized carbons (Fsp3) is 0.667. The van der Waals surface area contributed by atoms with E-state index in [9.17, 15) is 30.6 Å². The Labute approximate surface area is 284 Å². The van der Waals surface area contributed by atoms with Crippen LogP contribution in [0, 0.1) is 11.8 Å². The van der Waals surface area contributed by atoms with Gasteiger partial charge in [0.2, 0.25) is 0 Å². The van der Waals surface area contributed by atoms with Crippen LogP contribution in [0.5, 0.6) is 23.0 Å². The quantitative estimate of drug-likeness (QED) is 0.121. The molecule has 6 atom stereocenters. The van der Waals surface area contributed by atoms with E-state index >= 15 is 0 Å². The summed E-state index contributed by atoms with van der Waals surface area (Å²) >= 11 is 17.9. The SMILES string of the molecule is C[C@H]1CCCC[C@H](CCCCCl)c2c(O)cc(cc2O)[C@H](O)[C@@H](C)CCCC[C@H](CCCC(Cl)Cl)c2c(O)cc(cc2O)[C@@H]1O. The molecule has 0 heterocycles. The van der Waals surface area contributed by atoms with Gasteiger partial charge in [0.1, 0.15) is 27.8 Å². The van der Waals surface area contributed by atoms with Gasteiger partial charge < -0.3 is 30.6 Å². The van der Waals surface area contributed by atoms with Crippen molar-refractivity contribution < 1.29 is 30.6 Å². The van der Waals surface area contributed by atoms with Crippen molar-refractivity contribution in [2.24, 2.45) is 11.8 Å². The summed E-state index contributed by atoms with van der Waals surface area (Å²) in [5, 5.41) is 66.8. The van der Waals surface area contributed by atoms with E-state index in [-0.39, 0.29) is 46.7 Å². The molecule has 45 heavy (non-hydrogen) atoms. The van der Waals surface area contributed by atoms with Crippen LogP contribution < -0.4 is 0 Å². The Bertz CT molecular complexity index is 1150. The summed E-state index contributed by atoms with van der Waals surface area (Å²) in [5.41, 5.74) is 1.99. The van der Waals surface area contributed by atoms with Crippen LogP contribution in [0.3, 0.4) is 0 Å². The third-order valence-corrected chi connectivity index (χ3v) is 10.4. The molecular formula is C36H53Cl3O6. The van der Waals surface area contributed by atoms with Gasteiger partial charge in [-0.05, 0) is 110 Å². The largest absolute Gasteiger partial charge is 0.508 e. The number of unbranched alkanes of at least 4 members (excludes halogenated alkanes) is 1. The van der Waals surface area contributed by atoms with Crippen molar-refractivity contribution in [3.05, 3.63) is 46.5 Å². The van der Waals surface area contributed by atoms with Gasteiger partial charge in [0.15, 0.2) is 0 Å². The average Bonchev–Trinajstić information content (AvgIpc) is 2.98. The van der Waals surface area contributed by atoms with E-state index < -0.39 is 17.0 Å². The number of rotatable bonds is 8. The average molecular weight is 688 g/mol. The molecule has 4 bridgehead atoms. The number of halogens is 3. The van der Waals surface area contributed by atoms with Gasteiger partial charge in [-0.3, -0.25) is 0 Å². The Morgan fingerprint density at radius 2 is 1.00 bits per heavy atom. The lowest BCUT2D eigenvalue weighted by atomic mass is 9.83. The highest BCUT2D eigenvalue weighted by Gasteiger charge is 2.27. The van der Waals surface area contributed by atoms with Crippen LogP contribution in [-0.2, 0) is 0 Å². The van der Waals surface area contributed by atoms with Gasteiger partial charge in [-0.15, -0.1) is 34.8 Å². The molecule has 9 heteroatoms. The van der Waals surface area contributed by atoms with Crippen molar-refractivity contribution >= 4 is 34.8 Å². The fourth-order valence-corrected chi connectivity index (χ4v) is 7.52. The van der Waals surface area contributed by atoms with Crippen LogP contribution in [-0.4, -0.2) is 41.4 Å². The van der Waals surface area contributed by atoms with E-state index in [0.29, 0.717) is 53.8 Å². The Morgan fingerprint density at radius 1 is 0.622 bits per heavy atom. The zero-order valence-electron chi connectivity index (χ0n) is 26.8. The molecule has 4 aliphatic carbocycles. The van der Waals surface area contributed by atoms with E-state index in [2.05, 4.69) is 0 Å². The molecule has 0 spiro atoms. The van der Waals surface area contributed by atoms with Crippen molar-refractivity contribution in [2.45, 2.75) is 133 Å². The van der Waals surface area contributed by atoms with Crippen LogP contribution in [0.1, 0.15) is 150 Å². The smallest absolute Gasteiger partial charge is 0.123 e. The van der Waals surface area contributed by atoms with Gasteiger partial charge in [0, 0.05) is 17.0 Å². The monoisotopic (exact) mass is 686 g/mol. The number of phenolic OH excluding ortho intramolecular Hbond substituents is 4. The number of phenols is 4. The Hall–Kier alpha value is -1.57. The maximum Gasteiger partial charge on any atom is 0.123 e. The molecule has 0 fully saturated rings. The van der Waals surface area contributed by atoms with E-state index in [1.54, 1.807) is 24.3 Å². The van der Waals surface area contributed by atoms with Gasteiger partial charge in [-0.2, -0.15) is 0 Å². The second kappa shape index (κ2) is 18.7. The number of aliphatic hydroxyl groups excluding tert-OH is 2. The standard InChI is InChI=1S/C36H53Cl3O6/c1-22-10-3-5-12-24(14-7-8-17-37)33-28(40)18-26(19-29(33)41)35(44)23(2)11-4-6-13-25(15-9-16-32(38)39)34-30(42)20-27(36(22)45)21-31(34)43/h18-25,32,35-36,40-45H,3-17H2,1-2H3/t22-,23-,24+,25+,35+,36+/m0/s1. The second-order valence-electron chi connectivity index (χ2n) is 13.3. The highest BCUT2D eigenvalue weighted by atomic mass is 35.5. The first-order valence-corrected chi connectivity index (χ1v) is 18.2. The molecule has 0 aromatic heterocycles. The predicted octanol–water partition coefficient (Wildman–Crippen LogP) is 10.2. The van der Waals surface area contributed by atoms with Crippen LogP contribution in [0.15, 0.2) is 24.3 Å². The van der Waals surface area contributed by atoms with Gasteiger partial charge in [0.25, 0.3) is 0 Å². The Morgan fingerprint density at radius 3 is 1.38 bits per heavy atom. The summed E-state index contributed by atoms with van der Waals surface area (Å²) in [6.45, 7) is 3.92. The molecule has 0 amide bonds. The molecule has 254 valence electrons. The molecule has 2 aromatic rings. The summed E-state index contributed by atoms with van der Waals surface area (Å²) in [6.07, 6.45) is 8.94. The van der Waals surface area contributed by atoms with E-state index in [4.69, 9.17) is 34.8 Å². The summed E-state index contributed by atoms with van der Waals surface area (Å²) in [5.74, 6) is 0.125. The lowest BCUT2D eigenvalue weighted by Crippen LogP contribution is -2.12. The predicted molar refractivity (Wildman–Crippen MR) is 184 cm³/mol. The molecule has 6 nitrogen and oxygen atoms in total. The molecule has 0 saturated carbocycles. The van der Waals surface area contributed by atoms with Gasteiger partial charge in [-0.25, -0.2) is 0 Å². The highest BCUT2D eigenvalue weighted by Crippen LogP contribution is 2.45. The third-order valence-electron chi connectivity index (χ3n) is 9.73. The maximum absolute atomic E-state index is 11.2. The third kappa shape index (κ3) is 11.0. The van der Waals surface area contributed by atoms with E-state index in [1.807, 2.05) is 13.8 Å². The minimum absolute atomic E-state index is 0.0112. The first kappa shape index (κ1) is 37.9. The van der Waals surface area contributed by atoms with Gasteiger partial charge in [0.05, 0.1) is 12.2 Å². The normalized spacial score (nSPS) is 25.7. The molecule has 4 aliphatic rings. The van der Waals surface area contributed by atoms with Crippen molar-refractivity contribution in [3.8, 4) is 23.0 Å². The number of aromatic hydroxyl groups is 4. The lowest BCUT2D eigenvalue weighted by molar-refractivity contribution is 0.110. The summed E-state index contributed by atoms with van der Waals surface area (Å²) in [4.78, 5) is -0.482.